The van der Waals surface area contributed by atoms with Crippen molar-refractivity contribution < 1.29 is 4.79 Å². The number of carbonyl (C=O) groups excluding carboxylic acids is 1. The number of likely N-dealkylation sites (tertiary alicyclic amines) is 1. The summed E-state index contributed by atoms with van der Waals surface area (Å²) in [5.74, 6) is 0.186. The predicted molar refractivity (Wildman–Crippen MR) is 66.2 cm³/mol. The molecule has 1 saturated heterocycles. The molecule has 3 unspecified atom stereocenters. The first kappa shape index (κ1) is 13.5. The van der Waals surface area contributed by atoms with Crippen LogP contribution in [0.1, 0.15) is 33.6 Å². The van der Waals surface area contributed by atoms with Crippen LogP contribution in [-0.2, 0) is 4.79 Å². The van der Waals surface area contributed by atoms with E-state index in [0.717, 1.165) is 0 Å². The van der Waals surface area contributed by atoms with Crippen molar-refractivity contribution in [1.82, 2.24) is 9.80 Å². The second-order valence-electron chi connectivity index (χ2n) is 4.95. The first-order valence-corrected chi connectivity index (χ1v) is 6.21. The summed E-state index contributed by atoms with van der Waals surface area (Å²) in [4.78, 5) is 16.2. The minimum Gasteiger partial charge on any atom is -0.343 e. The Labute approximate surface area is 98.8 Å². The average Bonchev–Trinajstić information content (AvgIpc) is 2.57. The maximum Gasteiger partial charge on any atom is 0.239 e. The second kappa shape index (κ2) is 5.64. The fraction of sp³-hybridized carbons (Fsp3) is 0.917. The van der Waals surface area contributed by atoms with E-state index >= 15 is 0 Å². The van der Waals surface area contributed by atoms with Gasteiger partial charge in [0.05, 0.1) is 6.04 Å². The number of likely N-dealkylation sites (N-methyl/N-ethyl adjacent to an activating group) is 1. The maximum absolute atomic E-state index is 12.1. The SMILES string of the molecule is CC1CCC(C)N1C(C)C(=O)N(C)CCN. The van der Waals surface area contributed by atoms with Crippen LogP contribution < -0.4 is 5.73 Å². The van der Waals surface area contributed by atoms with Crippen LogP contribution >= 0.6 is 0 Å². The fourth-order valence-electron chi connectivity index (χ4n) is 2.73. The molecule has 1 rings (SSSR count). The van der Waals surface area contributed by atoms with Gasteiger partial charge in [-0.1, -0.05) is 0 Å². The van der Waals surface area contributed by atoms with Crippen LogP contribution in [0.25, 0.3) is 0 Å². The molecule has 4 nitrogen and oxygen atoms in total. The second-order valence-corrected chi connectivity index (χ2v) is 4.95. The first-order valence-electron chi connectivity index (χ1n) is 6.21. The van der Waals surface area contributed by atoms with Gasteiger partial charge in [-0.15, -0.1) is 0 Å². The van der Waals surface area contributed by atoms with Crippen LogP contribution in [0.5, 0.6) is 0 Å². The topological polar surface area (TPSA) is 49.6 Å². The van der Waals surface area contributed by atoms with E-state index in [4.69, 9.17) is 5.73 Å². The van der Waals surface area contributed by atoms with Gasteiger partial charge in [0.2, 0.25) is 5.91 Å². The van der Waals surface area contributed by atoms with Gasteiger partial charge in [0, 0.05) is 32.2 Å². The number of hydrogen-bond acceptors (Lipinski definition) is 3. The Kier molecular flexibility index (Phi) is 4.74. The Morgan fingerprint density at radius 1 is 1.44 bits per heavy atom. The van der Waals surface area contributed by atoms with Gasteiger partial charge in [0.25, 0.3) is 0 Å². The minimum absolute atomic E-state index is 0.0240. The highest BCUT2D eigenvalue weighted by Crippen LogP contribution is 2.26. The van der Waals surface area contributed by atoms with Crippen molar-refractivity contribution >= 4 is 5.91 Å². The smallest absolute Gasteiger partial charge is 0.239 e. The summed E-state index contributed by atoms with van der Waals surface area (Å²) in [7, 11) is 1.83. The summed E-state index contributed by atoms with van der Waals surface area (Å²) < 4.78 is 0. The molecular formula is C12H25N3O. The van der Waals surface area contributed by atoms with Gasteiger partial charge in [-0.3, -0.25) is 9.69 Å². The zero-order valence-electron chi connectivity index (χ0n) is 10.9. The van der Waals surface area contributed by atoms with E-state index in [1.807, 2.05) is 14.0 Å². The van der Waals surface area contributed by atoms with Gasteiger partial charge in [-0.05, 0) is 33.6 Å². The Morgan fingerprint density at radius 2 is 1.94 bits per heavy atom. The van der Waals surface area contributed by atoms with Gasteiger partial charge < -0.3 is 10.6 Å². The quantitative estimate of drug-likeness (QED) is 0.768. The van der Waals surface area contributed by atoms with Crippen LogP contribution in [0.15, 0.2) is 0 Å². The van der Waals surface area contributed by atoms with Crippen LogP contribution in [0, 0.1) is 0 Å². The monoisotopic (exact) mass is 227 g/mol. The molecule has 0 radical (unpaired) electrons. The lowest BCUT2D eigenvalue weighted by molar-refractivity contribution is -0.136. The van der Waals surface area contributed by atoms with E-state index in [2.05, 4.69) is 18.7 Å². The minimum atomic E-state index is -0.0240. The average molecular weight is 227 g/mol. The number of hydrogen-bond donors (Lipinski definition) is 1. The normalized spacial score (nSPS) is 28.1. The van der Waals surface area contributed by atoms with Gasteiger partial charge in [-0.25, -0.2) is 0 Å². The highest BCUT2D eigenvalue weighted by atomic mass is 16.2. The zero-order valence-corrected chi connectivity index (χ0v) is 10.9. The molecule has 0 aromatic carbocycles. The third-order valence-corrected chi connectivity index (χ3v) is 3.67. The molecule has 1 heterocycles. The molecule has 1 aliphatic heterocycles. The molecule has 1 amide bonds. The lowest BCUT2D eigenvalue weighted by atomic mass is 10.2. The summed E-state index contributed by atoms with van der Waals surface area (Å²) in [6, 6.07) is 1.00. The Balaban J connectivity index is 2.62. The van der Waals surface area contributed by atoms with E-state index in [1.165, 1.54) is 12.8 Å². The Bertz CT molecular complexity index is 234. The largest absolute Gasteiger partial charge is 0.343 e. The zero-order chi connectivity index (χ0) is 12.3. The van der Waals surface area contributed by atoms with Gasteiger partial charge in [-0.2, -0.15) is 0 Å². The molecule has 16 heavy (non-hydrogen) atoms. The molecule has 0 bridgehead atoms. The van der Waals surface area contributed by atoms with Crippen molar-refractivity contribution in [3.05, 3.63) is 0 Å². The van der Waals surface area contributed by atoms with E-state index in [9.17, 15) is 4.79 Å². The summed E-state index contributed by atoms with van der Waals surface area (Å²) in [5, 5.41) is 0. The maximum atomic E-state index is 12.1. The highest BCUT2D eigenvalue weighted by molar-refractivity contribution is 5.81. The van der Waals surface area contributed by atoms with Crippen molar-refractivity contribution in [3.8, 4) is 0 Å². The molecular weight excluding hydrogens is 202 g/mol. The Morgan fingerprint density at radius 3 is 2.38 bits per heavy atom. The van der Waals surface area contributed by atoms with Crippen molar-refractivity contribution in [3.63, 3.8) is 0 Å². The Hall–Kier alpha value is -0.610. The van der Waals surface area contributed by atoms with Crippen LogP contribution in [-0.4, -0.2) is 54.0 Å². The molecule has 0 aliphatic carbocycles. The summed E-state index contributed by atoms with van der Waals surface area (Å²) in [6.07, 6.45) is 2.39. The lowest BCUT2D eigenvalue weighted by Crippen LogP contribution is -2.50. The first-order chi connectivity index (χ1) is 7.49. The summed E-state index contributed by atoms with van der Waals surface area (Å²) >= 11 is 0. The summed E-state index contributed by atoms with van der Waals surface area (Å²) in [5.41, 5.74) is 5.47. The van der Waals surface area contributed by atoms with Crippen LogP contribution in [0.3, 0.4) is 0 Å². The van der Waals surface area contributed by atoms with E-state index in [-0.39, 0.29) is 11.9 Å². The van der Waals surface area contributed by atoms with Crippen molar-refractivity contribution in [1.29, 1.82) is 0 Å². The van der Waals surface area contributed by atoms with E-state index < -0.39 is 0 Å². The van der Waals surface area contributed by atoms with Gasteiger partial charge >= 0.3 is 0 Å². The third-order valence-electron chi connectivity index (χ3n) is 3.67. The molecule has 2 N–H and O–H groups in total. The summed E-state index contributed by atoms with van der Waals surface area (Å²) in [6.45, 7) is 7.58. The third kappa shape index (κ3) is 2.74. The molecule has 0 saturated carbocycles. The van der Waals surface area contributed by atoms with E-state index in [0.29, 0.717) is 25.2 Å². The molecule has 1 aliphatic rings. The molecule has 4 heteroatoms. The lowest BCUT2D eigenvalue weighted by Gasteiger charge is -2.33. The highest BCUT2D eigenvalue weighted by Gasteiger charge is 2.35. The van der Waals surface area contributed by atoms with Crippen molar-refractivity contribution in [2.75, 3.05) is 20.1 Å². The molecule has 0 aromatic rings. The van der Waals surface area contributed by atoms with Crippen molar-refractivity contribution in [2.24, 2.45) is 5.73 Å². The molecule has 3 atom stereocenters. The number of nitrogens with two attached hydrogens (primary N) is 1. The molecule has 0 aromatic heterocycles. The number of carbonyl (C=O) groups is 1. The number of rotatable bonds is 4. The van der Waals surface area contributed by atoms with Crippen molar-refractivity contribution in [2.45, 2.75) is 51.7 Å². The fourth-order valence-corrected chi connectivity index (χ4v) is 2.73. The predicted octanol–water partition coefficient (Wildman–Crippen LogP) is 0.665. The van der Waals surface area contributed by atoms with E-state index in [1.54, 1.807) is 4.90 Å². The standard InChI is InChI=1S/C12H25N3O/c1-9-5-6-10(2)15(9)11(3)12(16)14(4)8-7-13/h9-11H,5-8,13H2,1-4H3. The van der Waals surface area contributed by atoms with Gasteiger partial charge in [0.1, 0.15) is 0 Å². The molecule has 0 spiro atoms. The van der Waals surface area contributed by atoms with Gasteiger partial charge in [0.15, 0.2) is 0 Å². The number of amides is 1. The molecule has 94 valence electrons. The molecule has 1 fully saturated rings. The van der Waals surface area contributed by atoms with Crippen LogP contribution in [0.2, 0.25) is 0 Å². The van der Waals surface area contributed by atoms with Crippen LogP contribution in [0.4, 0.5) is 0 Å². The number of nitrogens with zero attached hydrogens (tertiary/aromatic N) is 2.